The van der Waals surface area contributed by atoms with Crippen molar-refractivity contribution in [3.8, 4) is 11.5 Å². The summed E-state index contributed by atoms with van der Waals surface area (Å²) in [6, 6.07) is 21.4. The summed E-state index contributed by atoms with van der Waals surface area (Å²) in [5.41, 5.74) is 1.03. The Labute approximate surface area is 117 Å². The molecule has 2 aromatic carbocycles. The Morgan fingerprint density at radius 2 is 1.55 bits per heavy atom. The summed E-state index contributed by atoms with van der Waals surface area (Å²) < 4.78 is 11.0. The molecule has 0 unspecified atom stereocenters. The van der Waals surface area contributed by atoms with Crippen molar-refractivity contribution in [2.75, 3.05) is 5.32 Å². The van der Waals surface area contributed by atoms with Gasteiger partial charge in [-0.2, -0.15) is 0 Å². The van der Waals surface area contributed by atoms with Crippen molar-refractivity contribution in [2.24, 2.45) is 0 Å². The van der Waals surface area contributed by atoms with E-state index in [9.17, 15) is 0 Å². The highest BCUT2D eigenvalue weighted by molar-refractivity contribution is 5.47. The van der Waals surface area contributed by atoms with E-state index in [-0.39, 0.29) is 0 Å². The Kier molecular flexibility index (Phi) is 3.69. The van der Waals surface area contributed by atoms with E-state index in [0.717, 1.165) is 22.9 Å². The maximum Gasteiger partial charge on any atom is 0.127 e. The van der Waals surface area contributed by atoms with Crippen LogP contribution in [0.4, 0.5) is 5.69 Å². The van der Waals surface area contributed by atoms with Gasteiger partial charge >= 0.3 is 0 Å². The minimum Gasteiger partial charge on any atom is -0.467 e. The summed E-state index contributed by atoms with van der Waals surface area (Å²) in [5, 5.41) is 3.29. The summed E-state index contributed by atoms with van der Waals surface area (Å²) in [4.78, 5) is 0. The average Bonchev–Trinajstić information content (AvgIpc) is 3.01. The van der Waals surface area contributed by atoms with E-state index in [0.29, 0.717) is 6.54 Å². The quantitative estimate of drug-likeness (QED) is 0.727. The van der Waals surface area contributed by atoms with E-state index < -0.39 is 0 Å². The fraction of sp³-hybridized carbons (Fsp3) is 0.0588. The first kappa shape index (κ1) is 12.4. The standard InChI is InChI=1S/C17H15NO2/c1-2-5-15(6-3-1)20-16-10-8-14(9-11-16)18-13-17-7-4-12-19-17/h1-12,18H,13H2. The first-order chi connectivity index (χ1) is 9.90. The van der Waals surface area contributed by atoms with Crippen LogP contribution in [0.2, 0.25) is 0 Å². The van der Waals surface area contributed by atoms with Gasteiger partial charge < -0.3 is 14.5 Å². The monoisotopic (exact) mass is 265 g/mol. The molecule has 1 aromatic heterocycles. The zero-order valence-corrected chi connectivity index (χ0v) is 11.0. The Morgan fingerprint density at radius 3 is 2.25 bits per heavy atom. The zero-order chi connectivity index (χ0) is 13.6. The molecule has 0 aliphatic carbocycles. The number of rotatable bonds is 5. The first-order valence-corrected chi connectivity index (χ1v) is 6.49. The third-order valence-electron chi connectivity index (χ3n) is 2.88. The Morgan fingerprint density at radius 1 is 0.800 bits per heavy atom. The summed E-state index contributed by atoms with van der Waals surface area (Å²) in [5.74, 6) is 2.57. The van der Waals surface area contributed by atoms with Crippen molar-refractivity contribution in [2.45, 2.75) is 6.54 Å². The van der Waals surface area contributed by atoms with Gasteiger partial charge in [0.15, 0.2) is 0 Å². The van der Waals surface area contributed by atoms with Crippen LogP contribution >= 0.6 is 0 Å². The number of benzene rings is 2. The number of anilines is 1. The lowest BCUT2D eigenvalue weighted by molar-refractivity contribution is 0.483. The molecule has 0 aliphatic rings. The van der Waals surface area contributed by atoms with Crippen LogP contribution < -0.4 is 10.1 Å². The molecule has 0 bridgehead atoms. The SMILES string of the molecule is c1ccc(Oc2ccc(NCc3ccco3)cc2)cc1. The van der Waals surface area contributed by atoms with Gasteiger partial charge in [-0.25, -0.2) is 0 Å². The largest absolute Gasteiger partial charge is 0.467 e. The van der Waals surface area contributed by atoms with Crippen LogP contribution in [0.25, 0.3) is 0 Å². The predicted molar refractivity (Wildman–Crippen MR) is 79.0 cm³/mol. The minimum atomic E-state index is 0.673. The number of furan rings is 1. The minimum absolute atomic E-state index is 0.673. The molecule has 3 heteroatoms. The van der Waals surface area contributed by atoms with Gasteiger partial charge in [0, 0.05) is 5.69 Å². The van der Waals surface area contributed by atoms with Crippen LogP contribution in [0.1, 0.15) is 5.76 Å². The second-order valence-electron chi connectivity index (χ2n) is 4.37. The van der Waals surface area contributed by atoms with E-state index in [1.54, 1.807) is 6.26 Å². The molecular weight excluding hydrogens is 250 g/mol. The first-order valence-electron chi connectivity index (χ1n) is 6.49. The smallest absolute Gasteiger partial charge is 0.127 e. The third kappa shape index (κ3) is 3.20. The fourth-order valence-electron chi connectivity index (χ4n) is 1.87. The Bertz CT molecular complexity index is 631. The molecular formula is C17H15NO2. The highest BCUT2D eigenvalue weighted by Crippen LogP contribution is 2.22. The number of hydrogen-bond acceptors (Lipinski definition) is 3. The van der Waals surface area contributed by atoms with Crippen molar-refractivity contribution in [1.82, 2.24) is 0 Å². The van der Waals surface area contributed by atoms with Crippen molar-refractivity contribution >= 4 is 5.69 Å². The maximum absolute atomic E-state index is 5.74. The van der Waals surface area contributed by atoms with Gasteiger partial charge in [-0.3, -0.25) is 0 Å². The van der Waals surface area contributed by atoms with E-state index in [2.05, 4.69) is 5.32 Å². The molecule has 3 aromatic rings. The normalized spacial score (nSPS) is 10.2. The summed E-state index contributed by atoms with van der Waals surface area (Å²) in [6.07, 6.45) is 1.67. The Balaban J connectivity index is 1.60. The van der Waals surface area contributed by atoms with Gasteiger partial charge in [0.25, 0.3) is 0 Å². The summed E-state index contributed by atoms with van der Waals surface area (Å²) in [7, 11) is 0. The molecule has 0 fully saturated rings. The van der Waals surface area contributed by atoms with Gasteiger partial charge in [0.05, 0.1) is 12.8 Å². The van der Waals surface area contributed by atoms with E-state index in [4.69, 9.17) is 9.15 Å². The van der Waals surface area contributed by atoms with Crippen LogP contribution in [0.3, 0.4) is 0 Å². The third-order valence-corrected chi connectivity index (χ3v) is 2.88. The predicted octanol–water partition coefficient (Wildman–Crippen LogP) is 4.68. The topological polar surface area (TPSA) is 34.4 Å². The fourth-order valence-corrected chi connectivity index (χ4v) is 1.87. The zero-order valence-electron chi connectivity index (χ0n) is 11.0. The van der Waals surface area contributed by atoms with E-state index >= 15 is 0 Å². The lowest BCUT2D eigenvalue weighted by Crippen LogP contribution is -1.97. The highest BCUT2D eigenvalue weighted by atomic mass is 16.5. The van der Waals surface area contributed by atoms with Crippen LogP contribution in [0.15, 0.2) is 77.4 Å². The average molecular weight is 265 g/mol. The molecule has 0 saturated heterocycles. The molecule has 3 rings (SSSR count). The number of para-hydroxylation sites is 1. The van der Waals surface area contributed by atoms with Crippen LogP contribution in [0, 0.1) is 0 Å². The maximum atomic E-state index is 5.74. The summed E-state index contributed by atoms with van der Waals surface area (Å²) in [6.45, 7) is 0.673. The van der Waals surface area contributed by atoms with Gasteiger partial charge in [-0.05, 0) is 48.5 Å². The molecule has 0 saturated carbocycles. The second kappa shape index (κ2) is 5.97. The van der Waals surface area contributed by atoms with Crippen molar-refractivity contribution < 1.29 is 9.15 Å². The van der Waals surface area contributed by atoms with Gasteiger partial charge in [0.1, 0.15) is 17.3 Å². The lowest BCUT2D eigenvalue weighted by Gasteiger charge is -2.07. The van der Waals surface area contributed by atoms with Gasteiger partial charge in [-0.15, -0.1) is 0 Å². The summed E-state index contributed by atoms with van der Waals surface area (Å²) >= 11 is 0. The lowest BCUT2D eigenvalue weighted by atomic mass is 10.3. The van der Waals surface area contributed by atoms with E-state index in [1.807, 2.05) is 66.7 Å². The molecule has 3 nitrogen and oxygen atoms in total. The molecule has 0 spiro atoms. The molecule has 0 atom stereocenters. The molecule has 100 valence electrons. The van der Waals surface area contributed by atoms with Crippen molar-refractivity contribution in [3.05, 3.63) is 78.8 Å². The Hall–Kier alpha value is -2.68. The molecule has 0 aliphatic heterocycles. The number of nitrogens with one attached hydrogen (secondary N) is 1. The number of hydrogen-bond donors (Lipinski definition) is 1. The highest BCUT2D eigenvalue weighted by Gasteiger charge is 1.98. The molecule has 1 heterocycles. The second-order valence-corrected chi connectivity index (χ2v) is 4.37. The molecule has 20 heavy (non-hydrogen) atoms. The van der Waals surface area contributed by atoms with Crippen LogP contribution in [0.5, 0.6) is 11.5 Å². The van der Waals surface area contributed by atoms with E-state index in [1.165, 1.54) is 0 Å². The van der Waals surface area contributed by atoms with Crippen molar-refractivity contribution in [1.29, 1.82) is 0 Å². The van der Waals surface area contributed by atoms with Gasteiger partial charge in [-0.1, -0.05) is 18.2 Å². The van der Waals surface area contributed by atoms with Crippen LogP contribution in [-0.2, 0) is 6.54 Å². The number of ether oxygens (including phenoxy) is 1. The van der Waals surface area contributed by atoms with Crippen molar-refractivity contribution in [3.63, 3.8) is 0 Å². The molecule has 0 amide bonds. The van der Waals surface area contributed by atoms with Crippen LogP contribution in [-0.4, -0.2) is 0 Å². The molecule has 0 radical (unpaired) electrons. The molecule has 1 N–H and O–H groups in total. The van der Waals surface area contributed by atoms with Gasteiger partial charge in [0.2, 0.25) is 0 Å².